The summed E-state index contributed by atoms with van der Waals surface area (Å²) in [6.07, 6.45) is 6.59. The second-order valence-electron chi connectivity index (χ2n) is 8.76. The number of ether oxygens (including phenoxy) is 1. The average Bonchev–Trinajstić information content (AvgIpc) is 3.03. The molecular formula is C21H30N4O4. The first kappa shape index (κ1) is 19.9. The largest absolute Gasteiger partial charge is 0.481 e. The van der Waals surface area contributed by atoms with Gasteiger partial charge in [0.05, 0.1) is 12.5 Å². The molecule has 3 aliphatic heterocycles. The lowest BCUT2D eigenvalue weighted by Gasteiger charge is -2.37. The monoisotopic (exact) mass is 402 g/mol. The van der Waals surface area contributed by atoms with Crippen molar-refractivity contribution in [3.8, 4) is 0 Å². The van der Waals surface area contributed by atoms with Gasteiger partial charge in [-0.2, -0.15) is 0 Å². The van der Waals surface area contributed by atoms with E-state index in [2.05, 4.69) is 14.8 Å². The van der Waals surface area contributed by atoms with Crippen LogP contribution >= 0.6 is 0 Å². The Kier molecular flexibility index (Phi) is 5.63. The van der Waals surface area contributed by atoms with E-state index in [1.807, 2.05) is 36.4 Å². The Morgan fingerprint density at radius 2 is 1.83 bits per heavy atom. The van der Waals surface area contributed by atoms with Crippen LogP contribution < -0.4 is 4.90 Å². The van der Waals surface area contributed by atoms with Gasteiger partial charge < -0.3 is 19.6 Å². The zero-order valence-electron chi connectivity index (χ0n) is 17.0. The number of aliphatic carboxylic acids is 1. The summed E-state index contributed by atoms with van der Waals surface area (Å²) >= 11 is 0. The van der Waals surface area contributed by atoms with Gasteiger partial charge in [-0.25, -0.2) is 4.79 Å². The molecule has 8 heteroatoms. The van der Waals surface area contributed by atoms with Crippen LogP contribution in [0.5, 0.6) is 0 Å². The van der Waals surface area contributed by atoms with Crippen molar-refractivity contribution < 1.29 is 19.4 Å². The van der Waals surface area contributed by atoms with Crippen LogP contribution in [0.25, 0.3) is 0 Å². The Morgan fingerprint density at radius 3 is 2.45 bits per heavy atom. The third kappa shape index (κ3) is 4.47. The molecule has 0 unspecified atom stereocenters. The maximum Gasteiger partial charge on any atom is 0.410 e. The highest BCUT2D eigenvalue weighted by Gasteiger charge is 2.46. The van der Waals surface area contributed by atoms with Crippen molar-refractivity contribution in [2.45, 2.75) is 44.2 Å². The average molecular weight is 402 g/mol. The Labute approximate surface area is 171 Å². The molecule has 1 amide bonds. The highest BCUT2D eigenvalue weighted by Crippen LogP contribution is 2.31. The third-order valence-electron chi connectivity index (χ3n) is 6.50. The number of piperidine rings is 2. The standard InChI is InChI=1S/C21H30N4O4/c1-21(14-23-10-4-16(5-11-23)19(26)27)15-25(20(28)29-21)18-6-12-24(13-7-18)17-2-8-22-9-3-17/h2-3,8-9,16,18H,4-7,10-15H2,1H3,(H,26,27)/t21-/m0/s1. The molecule has 4 rings (SSSR count). The van der Waals surface area contributed by atoms with Gasteiger partial charge in [0, 0.05) is 43.8 Å². The molecule has 8 nitrogen and oxygen atoms in total. The summed E-state index contributed by atoms with van der Waals surface area (Å²) in [5.74, 6) is -0.945. The van der Waals surface area contributed by atoms with Gasteiger partial charge in [0.15, 0.2) is 0 Å². The van der Waals surface area contributed by atoms with Crippen LogP contribution in [0.15, 0.2) is 24.5 Å². The van der Waals surface area contributed by atoms with E-state index < -0.39 is 11.6 Å². The van der Waals surface area contributed by atoms with Gasteiger partial charge in [0.1, 0.15) is 5.60 Å². The fourth-order valence-electron chi connectivity index (χ4n) is 4.89. The van der Waals surface area contributed by atoms with E-state index in [0.717, 1.165) is 39.0 Å². The summed E-state index contributed by atoms with van der Waals surface area (Å²) in [5, 5.41) is 9.16. The Morgan fingerprint density at radius 1 is 1.17 bits per heavy atom. The van der Waals surface area contributed by atoms with Crippen LogP contribution in [-0.4, -0.2) is 82.9 Å². The van der Waals surface area contributed by atoms with Crippen LogP contribution in [0, 0.1) is 5.92 Å². The minimum absolute atomic E-state index is 0.208. The maximum atomic E-state index is 12.6. The predicted octanol–water partition coefficient (Wildman–Crippen LogP) is 2.06. The Bertz CT molecular complexity index is 729. The van der Waals surface area contributed by atoms with Gasteiger partial charge in [0.25, 0.3) is 0 Å². The number of carboxylic acid groups (broad SMARTS) is 1. The lowest BCUT2D eigenvalue weighted by atomic mass is 9.95. The van der Waals surface area contributed by atoms with E-state index in [-0.39, 0.29) is 18.1 Å². The normalized spacial score (nSPS) is 27.3. The number of cyclic esters (lactones) is 1. The number of amides is 1. The first-order valence-corrected chi connectivity index (χ1v) is 10.5. The van der Waals surface area contributed by atoms with Crippen molar-refractivity contribution in [3.05, 3.63) is 24.5 Å². The number of rotatable bonds is 5. The maximum absolute atomic E-state index is 12.6. The lowest BCUT2D eigenvalue weighted by molar-refractivity contribution is -0.143. The molecule has 1 aromatic rings. The van der Waals surface area contributed by atoms with Crippen LogP contribution in [0.2, 0.25) is 0 Å². The molecule has 3 saturated heterocycles. The highest BCUT2D eigenvalue weighted by atomic mass is 16.6. The van der Waals surface area contributed by atoms with Crippen LogP contribution in [0.4, 0.5) is 10.5 Å². The molecule has 0 radical (unpaired) electrons. The number of hydrogen-bond acceptors (Lipinski definition) is 6. The zero-order chi connectivity index (χ0) is 20.4. The molecule has 0 aliphatic carbocycles. The molecule has 0 bridgehead atoms. The first-order valence-electron chi connectivity index (χ1n) is 10.5. The van der Waals surface area contributed by atoms with Gasteiger partial charge in [-0.05, 0) is 57.8 Å². The van der Waals surface area contributed by atoms with Crippen molar-refractivity contribution in [2.24, 2.45) is 5.92 Å². The van der Waals surface area contributed by atoms with E-state index in [4.69, 9.17) is 9.84 Å². The zero-order valence-corrected chi connectivity index (χ0v) is 17.0. The quantitative estimate of drug-likeness (QED) is 0.807. The van der Waals surface area contributed by atoms with Crippen LogP contribution in [0.3, 0.4) is 0 Å². The summed E-state index contributed by atoms with van der Waals surface area (Å²) in [5.41, 5.74) is 0.645. The molecule has 0 saturated carbocycles. The van der Waals surface area contributed by atoms with Gasteiger partial charge in [-0.1, -0.05) is 0 Å². The number of likely N-dealkylation sites (tertiary alicyclic amines) is 1. The summed E-state index contributed by atoms with van der Waals surface area (Å²) < 4.78 is 5.81. The van der Waals surface area contributed by atoms with Crippen molar-refractivity contribution in [3.63, 3.8) is 0 Å². The summed E-state index contributed by atoms with van der Waals surface area (Å²) in [7, 11) is 0. The van der Waals surface area contributed by atoms with E-state index in [1.165, 1.54) is 5.69 Å². The van der Waals surface area contributed by atoms with E-state index in [0.29, 0.717) is 25.9 Å². The molecule has 1 aromatic heterocycles. The van der Waals surface area contributed by atoms with Crippen LogP contribution in [0.1, 0.15) is 32.6 Å². The number of pyridine rings is 1. The van der Waals surface area contributed by atoms with E-state index >= 15 is 0 Å². The number of nitrogens with zero attached hydrogens (tertiary/aromatic N) is 4. The van der Waals surface area contributed by atoms with Crippen molar-refractivity contribution in [2.75, 3.05) is 44.2 Å². The summed E-state index contributed by atoms with van der Waals surface area (Å²) in [6, 6.07) is 4.25. The molecule has 29 heavy (non-hydrogen) atoms. The second-order valence-corrected chi connectivity index (χ2v) is 8.76. The fourth-order valence-corrected chi connectivity index (χ4v) is 4.89. The second kappa shape index (κ2) is 8.18. The Balaban J connectivity index is 1.29. The molecule has 0 spiro atoms. The topological polar surface area (TPSA) is 86.2 Å². The number of hydrogen-bond donors (Lipinski definition) is 1. The van der Waals surface area contributed by atoms with E-state index in [1.54, 1.807) is 0 Å². The number of carbonyl (C=O) groups is 2. The van der Waals surface area contributed by atoms with Gasteiger partial charge in [-0.3, -0.25) is 14.7 Å². The van der Waals surface area contributed by atoms with Crippen LogP contribution in [-0.2, 0) is 9.53 Å². The molecule has 3 aliphatic rings. The number of carboxylic acids is 1. The number of anilines is 1. The third-order valence-corrected chi connectivity index (χ3v) is 6.50. The molecule has 4 heterocycles. The Hall–Kier alpha value is -2.35. The summed E-state index contributed by atoms with van der Waals surface area (Å²) in [6.45, 7) is 6.58. The molecule has 3 fully saturated rings. The highest BCUT2D eigenvalue weighted by molar-refractivity contribution is 5.71. The number of aromatic nitrogens is 1. The van der Waals surface area contributed by atoms with E-state index in [9.17, 15) is 9.59 Å². The van der Waals surface area contributed by atoms with Gasteiger partial charge in [-0.15, -0.1) is 0 Å². The molecule has 0 aromatic carbocycles. The first-order chi connectivity index (χ1) is 13.9. The minimum Gasteiger partial charge on any atom is -0.481 e. The van der Waals surface area contributed by atoms with Crippen molar-refractivity contribution in [1.82, 2.24) is 14.8 Å². The molecular weight excluding hydrogens is 372 g/mol. The summed E-state index contributed by atoms with van der Waals surface area (Å²) in [4.78, 5) is 34.3. The van der Waals surface area contributed by atoms with Crippen molar-refractivity contribution in [1.29, 1.82) is 0 Å². The van der Waals surface area contributed by atoms with Crippen molar-refractivity contribution >= 4 is 17.7 Å². The number of carbonyl (C=O) groups excluding carboxylic acids is 1. The molecule has 1 N–H and O–H groups in total. The molecule has 158 valence electrons. The predicted molar refractivity (Wildman–Crippen MR) is 108 cm³/mol. The smallest absolute Gasteiger partial charge is 0.410 e. The van der Waals surface area contributed by atoms with Gasteiger partial charge in [0.2, 0.25) is 0 Å². The van der Waals surface area contributed by atoms with Gasteiger partial charge >= 0.3 is 12.1 Å². The SMILES string of the molecule is C[C@]1(CN2CCC(C(=O)O)CC2)CN(C2CCN(c3ccncc3)CC2)C(=O)O1. The minimum atomic E-state index is -0.701. The molecule has 1 atom stereocenters. The lowest BCUT2D eigenvalue weighted by Crippen LogP contribution is -2.49. The fraction of sp³-hybridized carbons (Fsp3) is 0.667.